The number of benzene rings is 2. The third-order valence-corrected chi connectivity index (χ3v) is 10.3. The fraction of sp³-hybridized carbons (Fsp3) is 0.520. The van der Waals surface area contributed by atoms with E-state index in [1.54, 1.807) is 30.3 Å². The fourth-order valence-corrected chi connectivity index (χ4v) is 7.09. The molecular formula is C25H35N3O8S2. The predicted molar refractivity (Wildman–Crippen MR) is 140 cm³/mol. The SMILES string of the molecule is CNS(=O)(=O)c1cccc(OCC(O)CNC2COC3(CCN(S(=O)(=O)c4cccc(CO)c4)CC3)C2)c1. The number of hydrogen-bond donors (Lipinski definition) is 4. The summed E-state index contributed by atoms with van der Waals surface area (Å²) >= 11 is 0. The normalized spacial score (nSPS) is 21.0. The van der Waals surface area contributed by atoms with Gasteiger partial charge in [0.05, 0.1) is 28.6 Å². The molecule has 2 unspecified atom stereocenters. The topological polar surface area (TPSA) is 154 Å². The maximum Gasteiger partial charge on any atom is 0.243 e. The summed E-state index contributed by atoms with van der Waals surface area (Å²) in [6.45, 7) is 1.18. The van der Waals surface area contributed by atoms with Crippen molar-refractivity contribution in [1.29, 1.82) is 0 Å². The summed E-state index contributed by atoms with van der Waals surface area (Å²) < 4.78 is 65.4. The molecule has 2 aliphatic heterocycles. The highest BCUT2D eigenvalue weighted by molar-refractivity contribution is 7.89. The van der Waals surface area contributed by atoms with Crippen molar-refractivity contribution < 1.29 is 36.5 Å². The number of rotatable bonds is 11. The van der Waals surface area contributed by atoms with Crippen LogP contribution in [0.5, 0.6) is 5.75 Å². The number of ether oxygens (including phenoxy) is 2. The highest BCUT2D eigenvalue weighted by Crippen LogP contribution is 2.37. The van der Waals surface area contributed by atoms with Gasteiger partial charge in [0.15, 0.2) is 0 Å². The summed E-state index contributed by atoms with van der Waals surface area (Å²) in [6.07, 6.45) is 1.03. The van der Waals surface area contributed by atoms with Gasteiger partial charge >= 0.3 is 0 Å². The molecule has 1 spiro atoms. The molecule has 2 saturated heterocycles. The largest absolute Gasteiger partial charge is 0.491 e. The van der Waals surface area contributed by atoms with Crippen molar-refractivity contribution >= 4 is 20.0 Å². The van der Waals surface area contributed by atoms with E-state index in [0.29, 0.717) is 50.3 Å². The van der Waals surface area contributed by atoms with Crippen LogP contribution >= 0.6 is 0 Å². The van der Waals surface area contributed by atoms with E-state index in [9.17, 15) is 27.0 Å². The molecule has 210 valence electrons. The second-order valence-electron chi connectivity index (χ2n) is 9.66. The molecule has 2 aromatic rings. The molecule has 2 atom stereocenters. The van der Waals surface area contributed by atoms with E-state index in [0.717, 1.165) is 0 Å². The summed E-state index contributed by atoms with van der Waals surface area (Å²) in [5.41, 5.74) is 0.146. The molecule has 0 aliphatic carbocycles. The Morgan fingerprint density at radius 3 is 2.53 bits per heavy atom. The second-order valence-corrected chi connectivity index (χ2v) is 13.5. The Labute approximate surface area is 223 Å². The number of piperidine rings is 1. The molecule has 4 rings (SSSR count). The van der Waals surface area contributed by atoms with Crippen LogP contribution in [0.15, 0.2) is 58.3 Å². The van der Waals surface area contributed by atoms with Gasteiger partial charge in [-0.05, 0) is 56.1 Å². The molecule has 13 heteroatoms. The van der Waals surface area contributed by atoms with Gasteiger partial charge in [-0.2, -0.15) is 4.31 Å². The summed E-state index contributed by atoms with van der Waals surface area (Å²) in [4.78, 5) is 0.259. The molecule has 0 radical (unpaired) electrons. The zero-order valence-corrected chi connectivity index (χ0v) is 22.9. The van der Waals surface area contributed by atoms with Crippen molar-refractivity contribution in [2.24, 2.45) is 0 Å². The van der Waals surface area contributed by atoms with Crippen LogP contribution in [0.25, 0.3) is 0 Å². The van der Waals surface area contributed by atoms with Gasteiger partial charge in [0, 0.05) is 31.7 Å². The molecule has 2 heterocycles. The monoisotopic (exact) mass is 569 g/mol. The molecule has 11 nitrogen and oxygen atoms in total. The first-order valence-electron chi connectivity index (χ1n) is 12.5. The quantitative estimate of drug-likeness (QED) is 0.302. The lowest BCUT2D eigenvalue weighted by Gasteiger charge is -2.38. The van der Waals surface area contributed by atoms with Gasteiger partial charge in [-0.15, -0.1) is 0 Å². The van der Waals surface area contributed by atoms with Crippen LogP contribution in [0, 0.1) is 0 Å². The Kier molecular flexibility index (Phi) is 9.10. The first-order valence-corrected chi connectivity index (χ1v) is 15.4. The molecule has 0 aromatic heterocycles. The average Bonchev–Trinajstić information content (AvgIpc) is 3.33. The zero-order chi connectivity index (χ0) is 27.4. The van der Waals surface area contributed by atoms with Crippen LogP contribution in [-0.4, -0.2) is 89.0 Å². The van der Waals surface area contributed by atoms with Crippen molar-refractivity contribution in [3.8, 4) is 5.75 Å². The lowest BCUT2D eigenvalue weighted by atomic mass is 9.88. The second kappa shape index (κ2) is 12.0. The Bertz CT molecular complexity index is 1310. The minimum Gasteiger partial charge on any atom is -0.491 e. The summed E-state index contributed by atoms with van der Waals surface area (Å²) in [5, 5.41) is 23.0. The van der Waals surface area contributed by atoms with Gasteiger partial charge < -0.3 is 25.0 Å². The van der Waals surface area contributed by atoms with E-state index in [1.807, 2.05) is 0 Å². The molecule has 0 bridgehead atoms. The smallest absolute Gasteiger partial charge is 0.243 e. The molecule has 2 aliphatic rings. The van der Waals surface area contributed by atoms with E-state index in [4.69, 9.17) is 9.47 Å². The number of sulfonamides is 2. The first kappa shape index (κ1) is 28.9. The zero-order valence-electron chi connectivity index (χ0n) is 21.2. The lowest BCUT2D eigenvalue weighted by Crippen LogP contribution is -2.47. The van der Waals surface area contributed by atoms with Crippen molar-refractivity contribution in [3.63, 3.8) is 0 Å². The summed E-state index contributed by atoms with van der Waals surface area (Å²) in [7, 11) is -5.91. The van der Waals surface area contributed by atoms with E-state index >= 15 is 0 Å². The third kappa shape index (κ3) is 6.72. The molecule has 4 N–H and O–H groups in total. The maximum absolute atomic E-state index is 13.1. The highest BCUT2D eigenvalue weighted by atomic mass is 32.2. The van der Waals surface area contributed by atoms with Crippen molar-refractivity contribution in [2.45, 2.75) is 53.4 Å². The molecular weight excluding hydrogens is 534 g/mol. The maximum atomic E-state index is 13.1. The fourth-order valence-electron chi connectivity index (χ4n) is 4.81. The minimum atomic E-state index is -3.65. The van der Waals surface area contributed by atoms with Gasteiger partial charge in [-0.1, -0.05) is 18.2 Å². The molecule has 38 heavy (non-hydrogen) atoms. The Hall–Kier alpha value is -2.10. The number of aliphatic hydroxyl groups is 2. The average molecular weight is 570 g/mol. The van der Waals surface area contributed by atoms with Crippen LogP contribution in [0.3, 0.4) is 0 Å². The molecule has 0 amide bonds. The number of aliphatic hydroxyl groups excluding tert-OH is 2. The molecule has 2 aromatic carbocycles. The van der Waals surface area contributed by atoms with Crippen molar-refractivity contribution in [3.05, 3.63) is 54.1 Å². The highest BCUT2D eigenvalue weighted by Gasteiger charge is 2.44. The van der Waals surface area contributed by atoms with E-state index in [-0.39, 0.29) is 35.6 Å². The van der Waals surface area contributed by atoms with Gasteiger partial charge in [-0.3, -0.25) is 0 Å². The summed E-state index contributed by atoms with van der Waals surface area (Å²) in [6, 6.07) is 12.4. The third-order valence-electron chi connectivity index (χ3n) is 7.03. The van der Waals surface area contributed by atoms with Crippen LogP contribution in [0.2, 0.25) is 0 Å². The summed E-state index contributed by atoms with van der Waals surface area (Å²) in [5.74, 6) is 0.341. The molecule has 2 fully saturated rings. The van der Waals surface area contributed by atoms with Gasteiger partial charge in [-0.25, -0.2) is 21.6 Å². The van der Waals surface area contributed by atoms with Crippen LogP contribution in [0.4, 0.5) is 0 Å². The Morgan fingerprint density at radius 2 is 1.82 bits per heavy atom. The van der Waals surface area contributed by atoms with Crippen LogP contribution in [0.1, 0.15) is 24.8 Å². The van der Waals surface area contributed by atoms with E-state index < -0.39 is 31.8 Å². The van der Waals surface area contributed by atoms with Crippen molar-refractivity contribution in [2.75, 3.05) is 39.9 Å². The Morgan fingerprint density at radius 1 is 1.11 bits per heavy atom. The first-order chi connectivity index (χ1) is 18.1. The van der Waals surface area contributed by atoms with Gasteiger partial charge in [0.25, 0.3) is 0 Å². The van der Waals surface area contributed by atoms with Gasteiger partial charge in [0.1, 0.15) is 18.5 Å². The minimum absolute atomic E-state index is 0.0122. The van der Waals surface area contributed by atoms with Crippen LogP contribution in [-0.2, 0) is 31.4 Å². The van der Waals surface area contributed by atoms with Crippen molar-refractivity contribution in [1.82, 2.24) is 14.3 Å². The number of hydrogen-bond acceptors (Lipinski definition) is 9. The Balaban J connectivity index is 1.23. The lowest BCUT2D eigenvalue weighted by molar-refractivity contribution is -0.0312. The molecule has 0 saturated carbocycles. The number of nitrogens with zero attached hydrogens (tertiary/aromatic N) is 1. The van der Waals surface area contributed by atoms with E-state index in [1.165, 1.54) is 29.6 Å². The predicted octanol–water partition coefficient (Wildman–Crippen LogP) is 0.429. The van der Waals surface area contributed by atoms with Gasteiger partial charge in [0.2, 0.25) is 20.0 Å². The number of nitrogens with one attached hydrogen (secondary N) is 2. The standard InChI is InChI=1S/C25H35N3O8S2/c1-26-37(31,32)23-6-3-5-22(13-23)35-18-21(30)15-27-20-14-25(36-17-20)8-10-28(11-9-25)38(33,34)24-7-2-4-19(12-24)16-29/h2-7,12-13,20-21,26-27,29-30H,8-11,14-18H2,1H3. The van der Waals surface area contributed by atoms with E-state index in [2.05, 4.69) is 10.0 Å². The van der Waals surface area contributed by atoms with Crippen LogP contribution < -0.4 is 14.8 Å².